The van der Waals surface area contributed by atoms with E-state index in [2.05, 4.69) is 40.8 Å². The molecule has 1 aromatic rings. The van der Waals surface area contributed by atoms with Gasteiger partial charge in [-0.05, 0) is 24.8 Å². The summed E-state index contributed by atoms with van der Waals surface area (Å²) in [6, 6.07) is 0. The van der Waals surface area contributed by atoms with E-state index in [1.807, 2.05) is 0 Å². The minimum absolute atomic E-state index is 0.349. The second-order valence-corrected chi connectivity index (χ2v) is 6.31. The lowest BCUT2D eigenvalue weighted by Crippen LogP contribution is -2.42. The van der Waals surface area contributed by atoms with Crippen LogP contribution in [0.4, 0.5) is 5.13 Å². The van der Waals surface area contributed by atoms with Gasteiger partial charge in [-0.25, -0.2) is 4.98 Å². The largest absolute Gasteiger partial charge is 0.360 e. The van der Waals surface area contributed by atoms with Crippen molar-refractivity contribution in [3.05, 3.63) is 5.82 Å². The van der Waals surface area contributed by atoms with Crippen LogP contribution < -0.4 is 10.6 Å². The summed E-state index contributed by atoms with van der Waals surface area (Å²) in [6.45, 7) is 9.81. The van der Waals surface area contributed by atoms with Crippen LogP contribution in [0.25, 0.3) is 0 Å². The van der Waals surface area contributed by atoms with E-state index in [4.69, 9.17) is 0 Å². The van der Waals surface area contributed by atoms with Crippen molar-refractivity contribution in [2.75, 3.05) is 25.0 Å². The summed E-state index contributed by atoms with van der Waals surface area (Å²) in [5.41, 5.74) is 0.349. The molecule has 0 saturated carbocycles. The van der Waals surface area contributed by atoms with Gasteiger partial charge in [-0.3, -0.25) is 0 Å². The summed E-state index contributed by atoms with van der Waals surface area (Å²) >= 11 is 1.47. The fourth-order valence-corrected chi connectivity index (χ4v) is 2.80. The third-order valence-electron chi connectivity index (χ3n) is 3.31. The zero-order valence-electron chi connectivity index (χ0n) is 10.9. The van der Waals surface area contributed by atoms with Gasteiger partial charge in [-0.2, -0.15) is 4.37 Å². The smallest absolute Gasteiger partial charge is 0.202 e. The molecule has 2 rings (SSSR count). The van der Waals surface area contributed by atoms with Gasteiger partial charge in [0.1, 0.15) is 5.82 Å². The minimum Gasteiger partial charge on any atom is -0.360 e. The Balaban J connectivity index is 1.88. The van der Waals surface area contributed by atoms with Crippen molar-refractivity contribution in [1.29, 1.82) is 0 Å². The van der Waals surface area contributed by atoms with Crippen molar-refractivity contribution in [2.45, 2.75) is 39.5 Å². The van der Waals surface area contributed by atoms with Gasteiger partial charge in [0.2, 0.25) is 5.13 Å². The van der Waals surface area contributed by atoms with Gasteiger partial charge in [0, 0.05) is 30.5 Å². The number of aromatic nitrogens is 2. The number of nitrogens with one attached hydrogen (secondary N) is 2. The first-order valence-electron chi connectivity index (χ1n) is 6.37. The molecule has 1 unspecified atom stereocenters. The molecule has 4 nitrogen and oxygen atoms in total. The predicted octanol–water partition coefficient (Wildman–Crippen LogP) is 2.46. The molecule has 0 amide bonds. The van der Waals surface area contributed by atoms with E-state index in [-0.39, 0.29) is 0 Å². The molecule has 1 fully saturated rings. The third kappa shape index (κ3) is 3.39. The maximum absolute atomic E-state index is 4.50. The quantitative estimate of drug-likeness (QED) is 0.866. The normalized spacial score (nSPS) is 25.2. The Morgan fingerprint density at radius 1 is 1.53 bits per heavy atom. The number of nitrogens with zero attached hydrogens (tertiary/aromatic N) is 2. The fourth-order valence-electron chi connectivity index (χ4n) is 2.10. The van der Waals surface area contributed by atoms with E-state index in [0.717, 1.165) is 30.6 Å². The maximum Gasteiger partial charge on any atom is 0.202 e. The Hall–Kier alpha value is -0.680. The summed E-state index contributed by atoms with van der Waals surface area (Å²) in [5.74, 6) is 1.36. The molecule has 0 bridgehead atoms. The van der Waals surface area contributed by atoms with E-state index in [1.165, 1.54) is 24.4 Å². The van der Waals surface area contributed by atoms with Crippen LogP contribution in [0.3, 0.4) is 0 Å². The molecule has 2 N–H and O–H groups in total. The molecule has 1 atom stereocenters. The first-order chi connectivity index (χ1) is 8.09. The summed E-state index contributed by atoms with van der Waals surface area (Å²) in [4.78, 5) is 4.50. The number of hydrogen-bond donors (Lipinski definition) is 2. The van der Waals surface area contributed by atoms with E-state index in [9.17, 15) is 0 Å². The Morgan fingerprint density at radius 2 is 2.35 bits per heavy atom. The van der Waals surface area contributed by atoms with Crippen LogP contribution in [-0.2, 0) is 0 Å². The fraction of sp³-hybridized carbons (Fsp3) is 0.833. The van der Waals surface area contributed by atoms with Gasteiger partial charge >= 0.3 is 0 Å². The zero-order chi connectivity index (χ0) is 12.3. The monoisotopic (exact) mass is 254 g/mol. The van der Waals surface area contributed by atoms with Crippen molar-refractivity contribution in [3.8, 4) is 0 Å². The lowest BCUT2D eigenvalue weighted by atomic mass is 9.83. The Morgan fingerprint density at radius 3 is 2.94 bits per heavy atom. The van der Waals surface area contributed by atoms with Crippen molar-refractivity contribution in [3.63, 3.8) is 0 Å². The van der Waals surface area contributed by atoms with Crippen LogP contribution in [-0.4, -0.2) is 29.0 Å². The van der Waals surface area contributed by atoms with Crippen LogP contribution in [0.15, 0.2) is 0 Å². The molecule has 0 aliphatic carbocycles. The van der Waals surface area contributed by atoms with E-state index < -0.39 is 0 Å². The predicted molar refractivity (Wildman–Crippen MR) is 72.7 cm³/mol. The summed E-state index contributed by atoms with van der Waals surface area (Å²) in [6.07, 6.45) is 2.55. The highest BCUT2D eigenvalue weighted by molar-refractivity contribution is 7.09. The average molecular weight is 254 g/mol. The van der Waals surface area contributed by atoms with E-state index in [0.29, 0.717) is 11.3 Å². The van der Waals surface area contributed by atoms with E-state index >= 15 is 0 Å². The van der Waals surface area contributed by atoms with Gasteiger partial charge in [0.25, 0.3) is 0 Å². The van der Waals surface area contributed by atoms with Gasteiger partial charge in [0.15, 0.2) is 0 Å². The molecule has 2 heterocycles. The lowest BCUT2D eigenvalue weighted by Gasteiger charge is -2.34. The molecule has 1 aromatic heterocycles. The van der Waals surface area contributed by atoms with Gasteiger partial charge in [-0.15, -0.1) is 0 Å². The van der Waals surface area contributed by atoms with Crippen LogP contribution in [0, 0.1) is 5.41 Å². The SMILES string of the molecule is CC(C)c1nsc(NCC2(C)CCCNC2)n1. The highest BCUT2D eigenvalue weighted by Crippen LogP contribution is 2.26. The minimum atomic E-state index is 0.349. The molecule has 1 aliphatic rings. The average Bonchev–Trinajstić information content (AvgIpc) is 2.76. The molecule has 96 valence electrons. The zero-order valence-corrected chi connectivity index (χ0v) is 11.7. The molecular weight excluding hydrogens is 232 g/mol. The molecule has 17 heavy (non-hydrogen) atoms. The van der Waals surface area contributed by atoms with E-state index in [1.54, 1.807) is 0 Å². The maximum atomic E-state index is 4.50. The third-order valence-corrected chi connectivity index (χ3v) is 4.00. The summed E-state index contributed by atoms with van der Waals surface area (Å²) in [5, 5.41) is 7.86. The first kappa shape index (κ1) is 12.8. The highest BCUT2D eigenvalue weighted by atomic mass is 32.1. The van der Waals surface area contributed by atoms with Crippen LogP contribution in [0.1, 0.15) is 45.4 Å². The second kappa shape index (κ2) is 5.31. The van der Waals surface area contributed by atoms with Crippen molar-refractivity contribution in [1.82, 2.24) is 14.7 Å². The summed E-state index contributed by atoms with van der Waals surface area (Å²) in [7, 11) is 0. The number of hydrogen-bond acceptors (Lipinski definition) is 5. The Kier molecular flexibility index (Phi) is 3.99. The number of anilines is 1. The topological polar surface area (TPSA) is 49.8 Å². The summed E-state index contributed by atoms with van der Waals surface area (Å²) < 4.78 is 4.35. The molecule has 1 aliphatic heterocycles. The van der Waals surface area contributed by atoms with Crippen molar-refractivity contribution in [2.24, 2.45) is 5.41 Å². The number of piperidine rings is 1. The van der Waals surface area contributed by atoms with Crippen LogP contribution in [0.5, 0.6) is 0 Å². The molecule has 1 saturated heterocycles. The second-order valence-electron chi connectivity index (χ2n) is 5.56. The highest BCUT2D eigenvalue weighted by Gasteiger charge is 2.26. The lowest BCUT2D eigenvalue weighted by molar-refractivity contribution is 0.253. The molecule has 0 radical (unpaired) electrons. The Bertz CT molecular complexity index is 355. The van der Waals surface area contributed by atoms with Gasteiger partial charge in [-0.1, -0.05) is 20.8 Å². The number of rotatable bonds is 4. The van der Waals surface area contributed by atoms with Crippen molar-refractivity contribution >= 4 is 16.7 Å². The molecule has 0 spiro atoms. The molecule has 5 heteroatoms. The van der Waals surface area contributed by atoms with Crippen molar-refractivity contribution < 1.29 is 0 Å². The molecular formula is C12H22N4S. The standard InChI is InChI=1S/C12H22N4S/c1-9(2)10-15-11(17-16-10)14-8-12(3)5-4-6-13-7-12/h9,13H,4-8H2,1-3H3,(H,14,15,16). The van der Waals surface area contributed by atoms with Crippen LogP contribution >= 0.6 is 11.5 Å². The molecule has 0 aromatic carbocycles. The van der Waals surface area contributed by atoms with Crippen LogP contribution in [0.2, 0.25) is 0 Å². The van der Waals surface area contributed by atoms with Gasteiger partial charge in [0.05, 0.1) is 0 Å². The first-order valence-corrected chi connectivity index (χ1v) is 7.15. The Labute approximate surface area is 107 Å². The van der Waals surface area contributed by atoms with Gasteiger partial charge < -0.3 is 10.6 Å².